The second-order valence-electron chi connectivity index (χ2n) is 3.11. The Balaban J connectivity index is 2.62. The molecule has 0 aliphatic rings. The van der Waals surface area contributed by atoms with Gasteiger partial charge in [-0.3, -0.25) is 0 Å². The smallest absolute Gasteiger partial charge is 0.149 e. The van der Waals surface area contributed by atoms with E-state index in [2.05, 4.69) is 10.3 Å². The minimum absolute atomic E-state index is 0.233. The Morgan fingerprint density at radius 3 is 2.93 bits per heavy atom. The van der Waals surface area contributed by atoms with Crippen molar-refractivity contribution < 1.29 is 10.2 Å². The molecule has 0 aliphatic heterocycles. The van der Waals surface area contributed by atoms with Crippen LogP contribution in [-0.2, 0) is 0 Å². The first-order chi connectivity index (χ1) is 6.63. The zero-order valence-electron chi connectivity index (χ0n) is 8.07. The molecule has 0 saturated carbocycles. The molecule has 78 valence electrons. The van der Waals surface area contributed by atoms with Gasteiger partial charge in [-0.2, -0.15) is 0 Å². The van der Waals surface area contributed by atoms with E-state index in [0.717, 1.165) is 5.69 Å². The number of pyridine rings is 1. The van der Waals surface area contributed by atoms with Crippen LogP contribution in [-0.4, -0.2) is 34.5 Å². The molecule has 1 heterocycles. The maximum absolute atomic E-state index is 9.10. The van der Waals surface area contributed by atoms with Crippen LogP contribution in [0.2, 0.25) is 0 Å². The van der Waals surface area contributed by atoms with Crippen molar-refractivity contribution in [2.45, 2.75) is 13.0 Å². The van der Waals surface area contributed by atoms with Gasteiger partial charge in [0, 0.05) is 12.2 Å². The van der Waals surface area contributed by atoms with E-state index in [1.807, 2.05) is 13.0 Å². The fraction of sp³-hybridized carbons (Fsp3) is 0.444. The summed E-state index contributed by atoms with van der Waals surface area (Å²) in [7, 11) is 0. The Labute approximate surface area is 82.6 Å². The number of nitrogens with two attached hydrogens (primary N) is 1. The second kappa shape index (κ2) is 4.78. The normalized spacial score (nSPS) is 12.5. The molecule has 0 aromatic carbocycles. The summed E-state index contributed by atoms with van der Waals surface area (Å²) in [6.07, 6.45) is -0.795. The van der Waals surface area contributed by atoms with Gasteiger partial charge in [-0.15, -0.1) is 0 Å². The molecule has 0 amide bonds. The van der Waals surface area contributed by atoms with E-state index in [-0.39, 0.29) is 13.2 Å². The third-order valence-electron chi connectivity index (χ3n) is 1.78. The predicted molar refractivity (Wildman–Crippen MR) is 55.0 cm³/mol. The summed E-state index contributed by atoms with van der Waals surface area (Å²) in [4.78, 5) is 4.15. The molecule has 1 unspecified atom stereocenters. The van der Waals surface area contributed by atoms with E-state index < -0.39 is 6.10 Å². The summed E-state index contributed by atoms with van der Waals surface area (Å²) in [6.45, 7) is 1.81. The van der Waals surface area contributed by atoms with Crippen LogP contribution in [0.3, 0.4) is 0 Å². The molecule has 0 saturated heterocycles. The summed E-state index contributed by atoms with van der Waals surface area (Å²) in [5.74, 6) is 0.539. The minimum atomic E-state index is -0.795. The quantitative estimate of drug-likeness (QED) is 0.533. The van der Waals surface area contributed by atoms with E-state index in [1.54, 1.807) is 6.07 Å². The Kier molecular flexibility index (Phi) is 3.67. The molecule has 14 heavy (non-hydrogen) atoms. The molecule has 5 heteroatoms. The lowest BCUT2D eigenvalue weighted by Gasteiger charge is -2.11. The average Bonchev–Trinajstić information content (AvgIpc) is 2.19. The molecule has 5 nitrogen and oxygen atoms in total. The first-order valence-corrected chi connectivity index (χ1v) is 4.39. The number of aliphatic hydroxyl groups is 2. The highest BCUT2D eigenvalue weighted by Gasteiger charge is 2.04. The Bertz CT molecular complexity index is 304. The maximum Gasteiger partial charge on any atom is 0.149 e. The largest absolute Gasteiger partial charge is 0.396 e. The summed E-state index contributed by atoms with van der Waals surface area (Å²) in [5.41, 5.74) is 7.02. The molecular weight excluding hydrogens is 182 g/mol. The van der Waals surface area contributed by atoms with Crippen molar-refractivity contribution in [3.05, 3.63) is 17.8 Å². The molecule has 1 rings (SSSR count). The molecule has 1 aromatic heterocycles. The highest BCUT2D eigenvalue weighted by molar-refractivity contribution is 5.61. The maximum atomic E-state index is 9.10. The second-order valence-corrected chi connectivity index (χ2v) is 3.11. The van der Waals surface area contributed by atoms with Crippen LogP contribution in [0, 0.1) is 6.92 Å². The van der Waals surface area contributed by atoms with E-state index in [9.17, 15) is 0 Å². The van der Waals surface area contributed by atoms with E-state index in [1.165, 1.54) is 0 Å². The lowest BCUT2D eigenvalue weighted by Crippen LogP contribution is -2.23. The van der Waals surface area contributed by atoms with Crippen molar-refractivity contribution in [1.82, 2.24) is 4.98 Å². The number of nitrogens with one attached hydrogen (secondary N) is 1. The molecule has 5 N–H and O–H groups in total. The molecule has 0 aliphatic carbocycles. The minimum Gasteiger partial charge on any atom is -0.396 e. The highest BCUT2D eigenvalue weighted by Crippen LogP contribution is 2.14. The molecule has 0 spiro atoms. The van der Waals surface area contributed by atoms with Crippen molar-refractivity contribution in [3.63, 3.8) is 0 Å². The van der Waals surface area contributed by atoms with Gasteiger partial charge < -0.3 is 21.3 Å². The number of nitrogen functional groups attached to an aromatic ring is 1. The number of rotatable bonds is 4. The number of aryl methyl sites for hydroxylation is 1. The molecular formula is C9H15N3O2. The Hall–Kier alpha value is -1.33. The number of aromatic nitrogens is 1. The van der Waals surface area contributed by atoms with Crippen LogP contribution >= 0.6 is 0 Å². The number of hydrogen-bond acceptors (Lipinski definition) is 5. The molecule has 1 atom stereocenters. The summed E-state index contributed by atoms with van der Waals surface area (Å²) in [6, 6.07) is 3.55. The van der Waals surface area contributed by atoms with E-state index in [0.29, 0.717) is 11.5 Å². The van der Waals surface area contributed by atoms with Crippen LogP contribution in [0.25, 0.3) is 0 Å². The van der Waals surface area contributed by atoms with E-state index >= 15 is 0 Å². The van der Waals surface area contributed by atoms with Gasteiger partial charge in [0.1, 0.15) is 5.82 Å². The fourth-order valence-corrected chi connectivity index (χ4v) is 0.988. The Morgan fingerprint density at radius 2 is 2.29 bits per heavy atom. The lowest BCUT2D eigenvalue weighted by molar-refractivity contribution is 0.105. The van der Waals surface area contributed by atoms with Gasteiger partial charge >= 0.3 is 0 Å². The van der Waals surface area contributed by atoms with Crippen molar-refractivity contribution in [2.75, 3.05) is 24.2 Å². The monoisotopic (exact) mass is 197 g/mol. The van der Waals surface area contributed by atoms with Gasteiger partial charge in [0.2, 0.25) is 0 Å². The standard InChI is InChI=1S/C9H15N3O2/c1-6-2-3-8(10)9(12-6)11-4-7(14)5-13/h2-3,7,13-14H,4-5,10H2,1H3,(H,11,12). The van der Waals surface area contributed by atoms with Crippen LogP contribution in [0.5, 0.6) is 0 Å². The third kappa shape index (κ3) is 2.86. The van der Waals surface area contributed by atoms with Crippen LogP contribution in [0.4, 0.5) is 11.5 Å². The number of hydrogen-bond donors (Lipinski definition) is 4. The van der Waals surface area contributed by atoms with Crippen LogP contribution in [0.15, 0.2) is 12.1 Å². The fourth-order valence-electron chi connectivity index (χ4n) is 0.988. The SMILES string of the molecule is Cc1ccc(N)c(NCC(O)CO)n1. The highest BCUT2D eigenvalue weighted by atomic mass is 16.3. The lowest BCUT2D eigenvalue weighted by atomic mass is 10.3. The average molecular weight is 197 g/mol. The van der Waals surface area contributed by atoms with E-state index in [4.69, 9.17) is 15.9 Å². The summed E-state index contributed by atoms with van der Waals surface area (Å²) < 4.78 is 0. The van der Waals surface area contributed by atoms with Crippen molar-refractivity contribution in [1.29, 1.82) is 0 Å². The van der Waals surface area contributed by atoms with Crippen LogP contribution in [0.1, 0.15) is 5.69 Å². The van der Waals surface area contributed by atoms with Crippen molar-refractivity contribution in [3.8, 4) is 0 Å². The number of anilines is 2. The van der Waals surface area contributed by atoms with Gasteiger partial charge in [-0.25, -0.2) is 4.98 Å². The van der Waals surface area contributed by atoms with Gasteiger partial charge in [0.15, 0.2) is 0 Å². The topological polar surface area (TPSA) is 91.4 Å². The Morgan fingerprint density at radius 1 is 1.57 bits per heavy atom. The van der Waals surface area contributed by atoms with Gasteiger partial charge in [0.25, 0.3) is 0 Å². The first kappa shape index (κ1) is 10.7. The molecule has 0 bridgehead atoms. The molecule has 0 fully saturated rings. The zero-order chi connectivity index (χ0) is 10.6. The van der Waals surface area contributed by atoms with Crippen molar-refractivity contribution in [2.24, 2.45) is 0 Å². The number of aliphatic hydroxyl groups excluding tert-OH is 2. The van der Waals surface area contributed by atoms with Gasteiger partial charge in [-0.1, -0.05) is 0 Å². The molecule has 0 radical (unpaired) electrons. The van der Waals surface area contributed by atoms with Crippen molar-refractivity contribution >= 4 is 11.5 Å². The zero-order valence-corrected chi connectivity index (χ0v) is 8.07. The van der Waals surface area contributed by atoms with Crippen LogP contribution < -0.4 is 11.1 Å². The van der Waals surface area contributed by atoms with Gasteiger partial charge in [0.05, 0.1) is 18.4 Å². The summed E-state index contributed by atoms with van der Waals surface area (Å²) >= 11 is 0. The number of nitrogens with zero attached hydrogens (tertiary/aromatic N) is 1. The third-order valence-corrected chi connectivity index (χ3v) is 1.78. The first-order valence-electron chi connectivity index (χ1n) is 4.39. The van der Waals surface area contributed by atoms with Gasteiger partial charge in [-0.05, 0) is 19.1 Å². The predicted octanol–water partition coefficient (Wildman–Crippen LogP) is -0.263. The molecule has 1 aromatic rings. The summed E-state index contributed by atoms with van der Waals surface area (Å²) in [5, 5.41) is 20.6.